The third-order valence-corrected chi connectivity index (χ3v) is 2.62. The van der Waals surface area contributed by atoms with Crippen LogP contribution in [-0.4, -0.2) is 23.3 Å². The van der Waals surface area contributed by atoms with Gasteiger partial charge in [-0.15, -0.1) is 0 Å². The van der Waals surface area contributed by atoms with Gasteiger partial charge in [0.2, 0.25) is 0 Å². The van der Waals surface area contributed by atoms with Gasteiger partial charge in [-0.05, 0) is 12.8 Å². The van der Waals surface area contributed by atoms with Crippen molar-refractivity contribution in [2.24, 2.45) is 0 Å². The molecular formula is C10H21NO. The predicted octanol–water partition coefficient (Wildman–Crippen LogP) is 1.68. The molecule has 12 heavy (non-hydrogen) atoms. The summed E-state index contributed by atoms with van der Waals surface area (Å²) in [5.74, 6) is 0. The van der Waals surface area contributed by atoms with Gasteiger partial charge in [-0.3, -0.25) is 0 Å². The smallest absolute Gasteiger partial charge is 0.0771 e. The summed E-state index contributed by atoms with van der Waals surface area (Å²) < 4.78 is 0. The molecule has 0 unspecified atom stereocenters. The summed E-state index contributed by atoms with van der Waals surface area (Å²) in [5, 5.41) is 13.4. The number of aliphatic hydroxyl groups is 1. The molecule has 0 heterocycles. The monoisotopic (exact) mass is 171 g/mol. The van der Waals surface area contributed by atoms with Crippen molar-refractivity contribution in [3.05, 3.63) is 0 Å². The van der Waals surface area contributed by atoms with E-state index < -0.39 is 5.60 Å². The molecule has 2 N–H and O–H groups in total. The molecule has 0 atom stereocenters. The minimum Gasteiger partial charge on any atom is -0.389 e. The minimum atomic E-state index is -0.400. The molecule has 0 aromatic heterocycles. The van der Waals surface area contributed by atoms with Gasteiger partial charge in [-0.25, -0.2) is 0 Å². The highest BCUT2D eigenvalue weighted by molar-refractivity contribution is 4.84. The highest BCUT2D eigenvalue weighted by Crippen LogP contribution is 2.27. The van der Waals surface area contributed by atoms with Crippen molar-refractivity contribution in [3.8, 4) is 0 Å². The van der Waals surface area contributed by atoms with Gasteiger partial charge >= 0.3 is 0 Å². The van der Waals surface area contributed by atoms with Gasteiger partial charge in [-0.1, -0.05) is 33.1 Å². The molecule has 0 amide bonds. The van der Waals surface area contributed by atoms with Crippen molar-refractivity contribution in [2.45, 2.75) is 57.6 Å². The first kappa shape index (κ1) is 10.0. The van der Waals surface area contributed by atoms with E-state index in [9.17, 15) is 5.11 Å². The van der Waals surface area contributed by atoms with Crippen LogP contribution in [0.4, 0.5) is 0 Å². The molecule has 0 radical (unpaired) electrons. The van der Waals surface area contributed by atoms with E-state index in [-0.39, 0.29) is 0 Å². The lowest BCUT2D eigenvalue weighted by atomic mass is 9.85. The average molecular weight is 171 g/mol. The lowest BCUT2D eigenvalue weighted by molar-refractivity contribution is 0.00344. The normalized spacial score (nSPS) is 23.0. The summed E-state index contributed by atoms with van der Waals surface area (Å²) in [6.45, 7) is 5.00. The Morgan fingerprint density at radius 1 is 1.25 bits per heavy atom. The van der Waals surface area contributed by atoms with Crippen molar-refractivity contribution in [2.75, 3.05) is 6.54 Å². The summed E-state index contributed by atoms with van der Waals surface area (Å²) in [7, 11) is 0. The predicted molar refractivity (Wildman–Crippen MR) is 51.2 cm³/mol. The van der Waals surface area contributed by atoms with Crippen LogP contribution in [0, 0.1) is 0 Å². The Morgan fingerprint density at radius 3 is 2.33 bits per heavy atom. The maximum Gasteiger partial charge on any atom is 0.0771 e. The summed E-state index contributed by atoms with van der Waals surface area (Å²) in [5.41, 5.74) is -0.400. The molecule has 0 bridgehead atoms. The Balaban J connectivity index is 2.26. The fraction of sp³-hybridized carbons (Fsp3) is 1.00. The van der Waals surface area contributed by atoms with Crippen LogP contribution in [0.1, 0.15) is 46.0 Å². The van der Waals surface area contributed by atoms with Crippen LogP contribution < -0.4 is 5.32 Å². The maximum absolute atomic E-state index is 10.1. The van der Waals surface area contributed by atoms with Crippen molar-refractivity contribution in [1.82, 2.24) is 5.32 Å². The number of rotatable bonds is 3. The SMILES string of the molecule is CC(C)NCC1(O)CCCCC1. The molecule has 72 valence electrons. The molecule has 2 heteroatoms. The van der Waals surface area contributed by atoms with E-state index in [0.717, 1.165) is 19.4 Å². The molecule has 1 aliphatic carbocycles. The van der Waals surface area contributed by atoms with Crippen LogP contribution in [0.25, 0.3) is 0 Å². The minimum absolute atomic E-state index is 0.400. The van der Waals surface area contributed by atoms with Gasteiger partial charge in [0.15, 0.2) is 0 Å². The van der Waals surface area contributed by atoms with Crippen molar-refractivity contribution >= 4 is 0 Å². The fourth-order valence-corrected chi connectivity index (χ4v) is 1.78. The Morgan fingerprint density at radius 2 is 1.83 bits per heavy atom. The fourth-order valence-electron chi connectivity index (χ4n) is 1.78. The third kappa shape index (κ3) is 3.11. The van der Waals surface area contributed by atoms with Crippen LogP contribution in [0.5, 0.6) is 0 Å². The summed E-state index contributed by atoms with van der Waals surface area (Å²) in [6, 6.07) is 0.482. The zero-order valence-corrected chi connectivity index (χ0v) is 8.27. The Labute approximate surface area is 75.4 Å². The van der Waals surface area contributed by atoms with E-state index in [1.165, 1.54) is 19.3 Å². The van der Waals surface area contributed by atoms with Gasteiger partial charge < -0.3 is 10.4 Å². The zero-order valence-electron chi connectivity index (χ0n) is 8.27. The summed E-state index contributed by atoms with van der Waals surface area (Å²) >= 11 is 0. The second-order valence-electron chi connectivity index (χ2n) is 4.32. The first-order chi connectivity index (χ1) is 5.62. The van der Waals surface area contributed by atoms with Crippen LogP contribution in [0.2, 0.25) is 0 Å². The number of hydrogen-bond acceptors (Lipinski definition) is 2. The first-order valence-electron chi connectivity index (χ1n) is 5.08. The second-order valence-corrected chi connectivity index (χ2v) is 4.32. The van der Waals surface area contributed by atoms with Crippen LogP contribution in [-0.2, 0) is 0 Å². The first-order valence-corrected chi connectivity index (χ1v) is 5.08. The van der Waals surface area contributed by atoms with E-state index in [0.29, 0.717) is 6.04 Å². The van der Waals surface area contributed by atoms with E-state index in [2.05, 4.69) is 19.2 Å². The van der Waals surface area contributed by atoms with Crippen molar-refractivity contribution in [3.63, 3.8) is 0 Å². The van der Waals surface area contributed by atoms with Crippen LogP contribution in [0.3, 0.4) is 0 Å². The van der Waals surface area contributed by atoms with Crippen molar-refractivity contribution < 1.29 is 5.11 Å². The molecule has 0 aliphatic heterocycles. The topological polar surface area (TPSA) is 32.3 Å². The van der Waals surface area contributed by atoms with Gasteiger partial charge in [0.05, 0.1) is 5.60 Å². The molecule has 0 aromatic carbocycles. The Kier molecular flexibility index (Phi) is 3.53. The van der Waals surface area contributed by atoms with Crippen LogP contribution >= 0.6 is 0 Å². The lowest BCUT2D eigenvalue weighted by Crippen LogP contribution is -2.44. The standard InChI is InChI=1S/C10H21NO/c1-9(2)11-8-10(12)6-4-3-5-7-10/h9,11-12H,3-8H2,1-2H3. The molecule has 0 aromatic rings. The maximum atomic E-state index is 10.1. The molecule has 1 fully saturated rings. The lowest BCUT2D eigenvalue weighted by Gasteiger charge is -2.32. The molecule has 2 nitrogen and oxygen atoms in total. The highest BCUT2D eigenvalue weighted by atomic mass is 16.3. The molecule has 1 aliphatic rings. The summed E-state index contributed by atoms with van der Waals surface area (Å²) in [4.78, 5) is 0. The average Bonchev–Trinajstić information content (AvgIpc) is 2.03. The number of hydrogen-bond donors (Lipinski definition) is 2. The summed E-state index contributed by atoms with van der Waals surface area (Å²) in [6.07, 6.45) is 5.63. The van der Waals surface area contributed by atoms with Crippen LogP contribution in [0.15, 0.2) is 0 Å². The van der Waals surface area contributed by atoms with E-state index in [1.54, 1.807) is 0 Å². The highest BCUT2D eigenvalue weighted by Gasteiger charge is 2.28. The molecule has 1 saturated carbocycles. The van der Waals surface area contributed by atoms with Gasteiger partial charge in [0.1, 0.15) is 0 Å². The quantitative estimate of drug-likeness (QED) is 0.677. The van der Waals surface area contributed by atoms with E-state index in [4.69, 9.17) is 0 Å². The Hall–Kier alpha value is -0.0800. The van der Waals surface area contributed by atoms with Gasteiger partial charge in [0, 0.05) is 12.6 Å². The molecule has 0 saturated heterocycles. The number of nitrogens with one attached hydrogen (secondary N) is 1. The largest absolute Gasteiger partial charge is 0.389 e. The zero-order chi connectivity index (χ0) is 9.03. The molecule has 0 spiro atoms. The molecule has 1 rings (SSSR count). The molecular weight excluding hydrogens is 150 g/mol. The van der Waals surface area contributed by atoms with Crippen molar-refractivity contribution in [1.29, 1.82) is 0 Å². The van der Waals surface area contributed by atoms with Gasteiger partial charge in [0.25, 0.3) is 0 Å². The Bertz CT molecular complexity index is 128. The van der Waals surface area contributed by atoms with E-state index >= 15 is 0 Å². The third-order valence-electron chi connectivity index (χ3n) is 2.62. The van der Waals surface area contributed by atoms with Gasteiger partial charge in [-0.2, -0.15) is 0 Å². The second kappa shape index (κ2) is 4.24. The van der Waals surface area contributed by atoms with E-state index in [1.807, 2.05) is 0 Å².